The lowest BCUT2D eigenvalue weighted by Crippen LogP contribution is -2.65. The Bertz CT molecular complexity index is 1530. The fraction of sp³-hybridized carbons (Fsp3) is 0.172. The highest BCUT2D eigenvalue weighted by molar-refractivity contribution is 5.70. The van der Waals surface area contributed by atoms with Crippen LogP contribution in [0.3, 0.4) is 0 Å². The Morgan fingerprint density at radius 3 is 2.00 bits per heavy atom. The highest BCUT2D eigenvalue weighted by Crippen LogP contribution is 2.50. The van der Waals surface area contributed by atoms with Crippen LogP contribution >= 0.6 is 0 Å². The molecule has 0 bridgehead atoms. The molecule has 2 heterocycles. The van der Waals surface area contributed by atoms with Crippen molar-refractivity contribution in [3.8, 4) is 11.5 Å². The maximum absolute atomic E-state index is 7.06. The number of hydrogen-bond acceptors (Lipinski definition) is 5. The summed E-state index contributed by atoms with van der Waals surface area (Å²) in [6, 6.07) is 30.1. The summed E-state index contributed by atoms with van der Waals surface area (Å²) in [6.07, 6.45) is 0. The molecule has 0 aromatic heterocycles. The van der Waals surface area contributed by atoms with Crippen LogP contribution in [0.4, 0.5) is 28.4 Å². The third kappa shape index (κ3) is 3.27. The van der Waals surface area contributed by atoms with Gasteiger partial charge in [-0.05, 0) is 43.2 Å². The molecule has 4 aromatic carbocycles. The van der Waals surface area contributed by atoms with Crippen LogP contribution in [0, 0.1) is 13.8 Å². The SMILES string of the molecule is COc1ccc2c(c1)N=[N+](c1ccccc1)[C@@]1(Oc3c(C)cc(C)cc3N=[N+]1c1ccccc1)N2C. The first kappa shape index (κ1) is 22.0. The summed E-state index contributed by atoms with van der Waals surface area (Å²) >= 11 is 0. The summed E-state index contributed by atoms with van der Waals surface area (Å²) in [5, 5.41) is 10.3. The Hall–Kier alpha value is -4.52. The second-order valence-electron chi connectivity index (χ2n) is 9.01. The molecular weight excluding hydrogens is 450 g/mol. The summed E-state index contributed by atoms with van der Waals surface area (Å²) < 4.78 is 16.4. The number of anilines is 1. The maximum Gasteiger partial charge on any atom is 0.674 e. The van der Waals surface area contributed by atoms with Crippen molar-refractivity contribution >= 4 is 28.4 Å². The van der Waals surface area contributed by atoms with E-state index in [1.54, 1.807) is 7.11 Å². The highest BCUT2D eigenvalue weighted by atomic mass is 16.6. The first-order valence-corrected chi connectivity index (χ1v) is 11.9. The number of methoxy groups -OCH3 is 1. The number of para-hydroxylation sites is 2. The number of ether oxygens (including phenoxy) is 2. The van der Waals surface area contributed by atoms with Crippen LogP contribution in [0.5, 0.6) is 11.5 Å². The van der Waals surface area contributed by atoms with E-state index in [4.69, 9.17) is 19.7 Å². The summed E-state index contributed by atoms with van der Waals surface area (Å²) in [6.45, 7) is 4.13. The van der Waals surface area contributed by atoms with Gasteiger partial charge in [-0.2, -0.15) is 0 Å². The number of aryl methyl sites for hydroxylation is 2. The van der Waals surface area contributed by atoms with E-state index >= 15 is 0 Å². The number of nitrogens with zero attached hydrogens (tertiary/aromatic N) is 5. The van der Waals surface area contributed by atoms with Crippen LogP contribution in [0.25, 0.3) is 0 Å². The molecule has 2 aliphatic heterocycles. The number of rotatable bonds is 3. The van der Waals surface area contributed by atoms with E-state index in [0.717, 1.165) is 51.1 Å². The van der Waals surface area contributed by atoms with E-state index in [2.05, 4.69) is 30.9 Å². The van der Waals surface area contributed by atoms with Crippen LogP contribution in [0.1, 0.15) is 11.1 Å². The lowest BCUT2D eigenvalue weighted by Gasteiger charge is -2.35. The molecule has 0 fully saturated rings. The maximum atomic E-state index is 7.06. The van der Waals surface area contributed by atoms with Gasteiger partial charge >= 0.3 is 5.97 Å². The molecule has 0 amide bonds. The first-order chi connectivity index (χ1) is 17.5. The summed E-state index contributed by atoms with van der Waals surface area (Å²) in [7, 11) is 3.67. The first-order valence-electron chi connectivity index (χ1n) is 11.9. The molecule has 1 spiro atoms. The topological polar surface area (TPSA) is 52.4 Å². The monoisotopic (exact) mass is 477 g/mol. The lowest BCUT2D eigenvalue weighted by molar-refractivity contribution is -0.858. The van der Waals surface area contributed by atoms with Gasteiger partial charge in [0.1, 0.15) is 5.75 Å². The molecule has 0 saturated carbocycles. The number of azo groups is 4. The van der Waals surface area contributed by atoms with Gasteiger partial charge in [-0.25, -0.2) is 4.90 Å². The molecule has 7 heteroatoms. The van der Waals surface area contributed by atoms with Gasteiger partial charge in [0.2, 0.25) is 11.4 Å². The quantitative estimate of drug-likeness (QED) is 0.291. The Morgan fingerprint density at radius 2 is 1.39 bits per heavy atom. The fourth-order valence-electron chi connectivity index (χ4n) is 4.89. The standard InChI is InChI=1S/C29H27N5O2/c1-20-17-21(2)28-26(18-20)31-34(23-13-9-6-10-14-23)29(36-28)32(3)27-16-15-24(35-4)19-25(27)30-33(29)22-11-7-5-8-12-22/h5-19H,1-4H3/q+2/t29-/m0/s1. The third-order valence-electron chi connectivity index (χ3n) is 6.59. The van der Waals surface area contributed by atoms with Crippen molar-refractivity contribution in [3.63, 3.8) is 0 Å². The third-order valence-corrected chi connectivity index (χ3v) is 6.59. The van der Waals surface area contributed by atoms with E-state index in [0.29, 0.717) is 0 Å². The van der Waals surface area contributed by atoms with E-state index in [1.807, 2.05) is 95.3 Å². The minimum atomic E-state index is -1.25. The van der Waals surface area contributed by atoms with Crippen molar-refractivity contribution < 1.29 is 18.9 Å². The van der Waals surface area contributed by atoms with E-state index < -0.39 is 5.97 Å². The van der Waals surface area contributed by atoms with Crippen LogP contribution in [0.2, 0.25) is 0 Å². The van der Waals surface area contributed by atoms with Gasteiger partial charge in [0, 0.05) is 57.0 Å². The number of hydrogen-bond donors (Lipinski definition) is 0. The fourth-order valence-corrected chi connectivity index (χ4v) is 4.89. The Kier molecular flexibility index (Phi) is 5.07. The summed E-state index contributed by atoms with van der Waals surface area (Å²) in [5.41, 5.74) is 6.33. The molecule has 0 saturated heterocycles. The zero-order valence-electron chi connectivity index (χ0n) is 20.7. The molecule has 0 aliphatic carbocycles. The molecule has 6 rings (SSSR count). The Balaban J connectivity index is 1.70. The molecule has 2 aliphatic rings. The summed E-state index contributed by atoms with van der Waals surface area (Å²) in [4.78, 5) is 2.08. The van der Waals surface area contributed by atoms with Crippen molar-refractivity contribution in [3.05, 3.63) is 102 Å². The van der Waals surface area contributed by atoms with Crippen molar-refractivity contribution in [1.29, 1.82) is 0 Å². The minimum absolute atomic E-state index is 0.729. The molecule has 4 aromatic rings. The van der Waals surface area contributed by atoms with Gasteiger partial charge in [-0.3, -0.25) is 0 Å². The van der Waals surface area contributed by atoms with Crippen LogP contribution in [-0.4, -0.2) is 29.5 Å². The lowest BCUT2D eigenvalue weighted by atomic mass is 10.1. The van der Waals surface area contributed by atoms with Gasteiger partial charge in [0.15, 0.2) is 17.1 Å². The average Bonchev–Trinajstić information content (AvgIpc) is 2.91. The second-order valence-corrected chi connectivity index (χ2v) is 9.01. The molecule has 0 unspecified atom stereocenters. The largest absolute Gasteiger partial charge is 0.674 e. The van der Waals surface area contributed by atoms with Gasteiger partial charge in [0.25, 0.3) is 0 Å². The molecule has 7 nitrogen and oxygen atoms in total. The Labute approximate surface area is 210 Å². The molecule has 1 atom stereocenters. The van der Waals surface area contributed by atoms with E-state index in [-0.39, 0.29) is 0 Å². The molecule has 0 N–H and O–H groups in total. The van der Waals surface area contributed by atoms with Gasteiger partial charge in [-0.1, -0.05) is 42.5 Å². The minimum Gasteiger partial charge on any atom is -0.497 e. The molecule has 0 radical (unpaired) electrons. The van der Waals surface area contributed by atoms with Crippen LogP contribution in [-0.2, 0) is 0 Å². The van der Waals surface area contributed by atoms with Crippen molar-refractivity contribution in [2.75, 3.05) is 19.1 Å². The Morgan fingerprint density at radius 1 is 0.778 bits per heavy atom. The predicted octanol–water partition coefficient (Wildman–Crippen LogP) is 7.32. The van der Waals surface area contributed by atoms with Crippen molar-refractivity contribution in [2.24, 2.45) is 10.2 Å². The second kappa shape index (κ2) is 8.30. The van der Waals surface area contributed by atoms with Crippen LogP contribution in [0.15, 0.2) is 101 Å². The normalized spacial score (nSPS) is 18.1. The summed E-state index contributed by atoms with van der Waals surface area (Å²) in [5.74, 6) is 0.213. The van der Waals surface area contributed by atoms with Gasteiger partial charge in [-0.15, -0.1) is 0 Å². The van der Waals surface area contributed by atoms with Crippen molar-refractivity contribution in [1.82, 2.24) is 0 Å². The number of fused-ring (bicyclic) bond motifs is 2. The molecule has 178 valence electrons. The predicted molar refractivity (Wildman–Crippen MR) is 138 cm³/mol. The van der Waals surface area contributed by atoms with Crippen LogP contribution < -0.4 is 14.4 Å². The van der Waals surface area contributed by atoms with Gasteiger partial charge < -0.3 is 9.47 Å². The van der Waals surface area contributed by atoms with Crippen molar-refractivity contribution in [2.45, 2.75) is 19.8 Å². The van der Waals surface area contributed by atoms with Gasteiger partial charge in [0.05, 0.1) is 12.8 Å². The number of benzene rings is 4. The smallest absolute Gasteiger partial charge is 0.497 e. The zero-order chi connectivity index (χ0) is 24.9. The zero-order valence-corrected chi connectivity index (χ0v) is 20.7. The van der Waals surface area contributed by atoms with E-state index in [1.165, 1.54) is 0 Å². The molecular formula is C29H27N5O2+2. The average molecular weight is 478 g/mol. The van der Waals surface area contributed by atoms with E-state index in [9.17, 15) is 0 Å². The highest BCUT2D eigenvalue weighted by Gasteiger charge is 2.70. The molecule has 36 heavy (non-hydrogen) atoms.